The molecule has 0 bridgehead atoms. The third-order valence-electron chi connectivity index (χ3n) is 2.02. The second-order valence-corrected chi connectivity index (χ2v) is 5.43. The summed E-state index contributed by atoms with van der Waals surface area (Å²) in [5.74, 6) is -0.251. The second kappa shape index (κ2) is 5.30. The summed E-state index contributed by atoms with van der Waals surface area (Å²) < 4.78 is 6.49. The molecule has 0 aliphatic carbocycles. The van der Waals surface area contributed by atoms with Crippen molar-refractivity contribution in [2.75, 3.05) is 5.33 Å². The molecule has 0 heterocycles. The van der Waals surface area contributed by atoms with Crippen molar-refractivity contribution in [1.29, 1.82) is 0 Å². The van der Waals surface area contributed by atoms with Gasteiger partial charge in [-0.05, 0) is 54.1 Å². The topological polar surface area (TPSA) is 26.3 Å². The zero-order valence-corrected chi connectivity index (χ0v) is 12.3. The van der Waals surface area contributed by atoms with Crippen LogP contribution in [0.1, 0.15) is 19.4 Å². The Morgan fingerprint density at radius 3 is 2.40 bits per heavy atom. The van der Waals surface area contributed by atoms with Crippen LogP contribution in [0.15, 0.2) is 24.3 Å². The molecule has 0 saturated heterocycles. The molecule has 0 spiro atoms. The van der Waals surface area contributed by atoms with E-state index in [1.165, 1.54) is 3.57 Å². The first-order chi connectivity index (χ1) is 6.95. The quantitative estimate of drug-likeness (QED) is 0.454. The molecule has 0 unspecified atom stereocenters. The average Bonchev–Trinajstić information content (AvgIpc) is 2.17. The van der Waals surface area contributed by atoms with Gasteiger partial charge in [0.1, 0.15) is 10.9 Å². The standard InChI is InChI=1S/C11H12BrIO2/c1-11(2,15-10(14)7-12)8-3-5-9(13)6-4-8/h3-6H,7H2,1-2H3. The van der Waals surface area contributed by atoms with Gasteiger partial charge in [-0.15, -0.1) is 0 Å². The maximum Gasteiger partial charge on any atom is 0.317 e. The summed E-state index contributed by atoms with van der Waals surface area (Å²) in [6.07, 6.45) is 0. The predicted molar refractivity (Wildman–Crippen MR) is 72.1 cm³/mol. The highest BCUT2D eigenvalue weighted by Crippen LogP contribution is 2.25. The monoisotopic (exact) mass is 382 g/mol. The van der Waals surface area contributed by atoms with E-state index in [0.29, 0.717) is 0 Å². The maximum atomic E-state index is 11.2. The normalized spacial score (nSPS) is 11.2. The highest BCUT2D eigenvalue weighted by molar-refractivity contribution is 14.1. The molecule has 4 heteroatoms. The minimum Gasteiger partial charge on any atom is -0.454 e. The van der Waals surface area contributed by atoms with Crippen LogP contribution in [0.5, 0.6) is 0 Å². The summed E-state index contributed by atoms with van der Waals surface area (Å²) in [7, 11) is 0. The third-order valence-corrected chi connectivity index (χ3v) is 3.19. The number of carbonyl (C=O) groups is 1. The van der Waals surface area contributed by atoms with Crippen LogP contribution in [-0.2, 0) is 15.1 Å². The van der Waals surface area contributed by atoms with E-state index in [0.717, 1.165) is 5.56 Å². The molecule has 0 atom stereocenters. The highest BCUT2D eigenvalue weighted by Gasteiger charge is 2.24. The molecule has 0 aromatic heterocycles. The molecule has 0 fully saturated rings. The zero-order valence-electron chi connectivity index (χ0n) is 8.59. The fraction of sp³-hybridized carbons (Fsp3) is 0.364. The largest absolute Gasteiger partial charge is 0.454 e. The minimum absolute atomic E-state index is 0.223. The number of alkyl halides is 1. The van der Waals surface area contributed by atoms with Gasteiger partial charge in [-0.25, -0.2) is 0 Å². The Morgan fingerprint density at radius 2 is 1.93 bits per heavy atom. The van der Waals surface area contributed by atoms with Gasteiger partial charge in [0.15, 0.2) is 0 Å². The number of benzene rings is 1. The molecule has 1 rings (SSSR count). The van der Waals surface area contributed by atoms with E-state index in [1.54, 1.807) is 0 Å². The van der Waals surface area contributed by atoms with Crippen molar-refractivity contribution >= 4 is 44.5 Å². The zero-order chi connectivity index (χ0) is 11.5. The molecule has 1 aromatic carbocycles. The average molecular weight is 383 g/mol. The van der Waals surface area contributed by atoms with E-state index in [1.807, 2.05) is 38.1 Å². The number of halogens is 2. The Balaban J connectivity index is 2.85. The number of rotatable bonds is 3. The van der Waals surface area contributed by atoms with Crippen molar-refractivity contribution in [3.63, 3.8) is 0 Å². The van der Waals surface area contributed by atoms with Crippen molar-refractivity contribution in [3.05, 3.63) is 33.4 Å². The molecule has 0 saturated carbocycles. The molecule has 0 amide bonds. The number of ether oxygens (including phenoxy) is 1. The summed E-state index contributed by atoms with van der Waals surface area (Å²) >= 11 is 5.32. The number of hydrogen-bond acceptors (Lipinski definition) is 2. The molecule has 15 heavy (non-hydrogen) atoms. The van der Waals surface area contributed by atoms with Gasteiger partial charge in [0.2, 0.25) is 0 Å². The van der Waals surface area contributed by atoms with Crippen LogP contribution in [0, 0.1) is 3.57 Å². The lowest BCUT2D eigenvalue weighted by atomic mass is 9.98. The second-order valence-electron chi connectivity index (χ2n) is 3.62. The lowest BCUT2D eigenvalue weighted by Crippen LogP contribution is -2.26. The predicted octanol–water partition coefficient (Wildman–Crippen LogP) is 3.46. The Bertz CT molecular complexity index is 346. The van der Waals surface area contributed by atoms with E-state index >= 15 is 0 Å². The fourth-order valence-corrected chi connectivity index (χ4v) is 1.70. The van der Waals surface area contributed by atoms with Crippen LogP contribution in [0.3, 0.4) is 0 Å². The molecule has 0 radical (unpaired) electrons. The van der Waals surface area contributed by atoms with E-state index in [2.05, 4.69) is 38.5 Å². The van der Waals surface area contributed by atoms with E-state index in [-0.39, 0.29) is 11.3 Å². The van der Waals surface area contributed by atoms with Crippen molar-refractivity contribution < 1.29 is 9.53 Å². The van der Waals surface area contributed by atoms with Gasteiger partial charge in [-0.2, -0.15) is 0 Å². The lowest BCUT2D eigenvalue weighted by Gasteiger charge is -2.25. The van der Waals surface area contributed by atoms with Gasteiger partial charge in [-0.1, -0.05) is 28.1 Å². The SMILES string of the molecule is CC(C)(OC(=O)CBr)c1ccc(I)cc1. The number of hydrogen-bond donors (Lipinski definition) is 0. The van der Waals surface area contributed by atoms with Crippen LogP contribution in [0.25, 0.3) is 0 Å². The first-order valence-corrected chi connectivity index (χ1v) is 6.69. The smallest absolute Gasteiger partial charge is 0.317 e. The molecule has 0 aliphatic heterocycles. The maximum absolute atomic E-state index is 11.2. The van der Waals surface area contributed by atoms with Gasteiger partial charge >= 0.3 is 5.97 Å². The van der Waals surface area contributed by atoms with Crippen LogP contribution in [0.4, 0.5) is 0 Å². The first kappa shape index (κ1) is 13.0. The van der Waals surface area contributed by atoms with Gasteiger partial charge in [0.25, 0.3) is 0 Å². The van der Waals surface area contributed by atoms with Gasteiger partial charge < -0.3 is 4.74 Å². The van der Waals surface area contributed by atoms with Gasteiger partial charge in [0.05, 0.1) is 0 Å². The summed E-state index contributed by atoms with van der Waals surface area (Å²) in [6.45, 7) is 3.77. The van der Waals surface area contributed by atoms with Crippen LogP contribution < -0.4 is 0 Å². The van der Waals surface area contributed by atoms with Crippen LogP contribution >= 0.6 is 38.5 Å². The van der Waals surface area contributed by atoms with E-state index in [9.17, 15) is 4.79 Å². The minimum atomic E-state index is -0.574. The summed E-state index contributed by atoms with van der Waals surface area (Å²) in [5.41, 5.74) is 0.423. The molecular weight excluding hydrogens is 371 g/mol. The lowest BCUT2D eigenvalue weighted by molar-refractivity contribution is -0.153. The third kappa shape index (κ3) is 3.75. The molecule has 82 valence electrons. The number of esters is 1. The van der Waals surface area contributed by atoms with E-state index < -0.39 is 5.60 Å². The van der Waals surface area contributed by atoms with Crippen molar-refractivity contribution in [2.45, 2.75) is 19.4 Å². The van der Waals surface area contributed by atoms with Crippen molar-refractivity contribution in [2.24, 2.45) is 0 Å². The van der Waals surface area contributed by atoms with Crippen molar-refractivity contribution in [3.8, 4) is 0 Å². The Labute approximate surface area is 112 Å². The Hall–Kier alpha value is -0.100. The van der Waals surface area contributed by atoms with Gasteiger partial charge in [-0.3, -0.25) is 4.79 Å². The fourth-order valence-electron chi connectivity index (χ4n) is 1.22. The summed E-state index contributed by atoms with van der Waals surface area (Å²) in [4.78, 5) is 11.2. The van der Waals surface area contributed by atoms with Crippen LogP contribution in [-0.4, -0.2) is 11.3 Å². The molecule has 0 N–H and O–H groups in total. The van der Waals surface area contributed by atoms with Crippen molar-refractivity contribution in [1.82, 2.24) is 0 Å². The molecule has 1 aromatic rings. The Kier molecular flexibility index (Phi) is 4.58. The molecule has 0 aliphatic rings. The number of carbonyl (C=O) groups excluding carboxylic acids is 1. The Morgan fingerprint density at radius 1 is 1.40 bits per heavy atom. The molecule has 2 nitrogen and oxygen atoms in total. The summed E-state index contributed by atoms with van der Waals surface area (Å²) in [6, 6.07) is 7.95. The summed E-state index contributed by atoms with van der Waals surface area (Å²) in [5, 5.41) is 0.223. The molecular formula is C11H12BrIO2. The highest BCUT2D eigenvalue weighted by atomic mass is 127. The van der Waals surface area contributed by atoms with E-state index in [4.69, 9.17) is 4.74 Å². The van der Waals surface area contributed by atoms with Crippen LogP contribution in [0.2, 0.25) is 0 Å². The van der Waals surface area contributed by atoms with Gasteiger partial charge in [0, 0.05) is 3.57 Å². The first-order valence-electron chi connectivity index (χ1n) is 4.49.